The molecule has 0 saturated carbocycles. The van der Waals surface area contributed by atoms with Crippen molar-refractivity contribution in [1.82, 2.24) is 20.0 Å². The smallest absolute Gasteiger partial charge is 0.201 e. The number of aromatic amines is 1. The molecule has 0 aliphatic heterocycles. The minimum Gasteiger partial charge on any atom is -0.383 e. The molecule has 2 aromatic heterocycles. The van der Waals surface area contributed by atoms with Gasteiger partial charge in [0.05, 0.1) is 23.5 Å². The Labute approximate surface area is 79.7 Å². The lowest BCUT2D eigenvalue weighted by Crippen LogP contribution is -2.02. The molecule has 6 nitrogen and oxygen atoms in total. The van der Waals surface area contributed by atoms with Crippen LogP contribution in [0.15, 0.2) is 18.6 Å². The number of nitrogens with zero attached hydrogens (tertiary/aromatic N) is 3. The van der Waals surface area contributed by atoms with Crippen molar-refractivity contribution >= 4 is 11.6 Å². The van der Waals surface area contributed by atoms with Crippen LogP contribution >= 0.6 is 0 Å². The van der Waals surface area contributed by atoms with Crippen LogP contribution in [-0.4, -0.2) is 25.8 Å². The number of hydrogen-bond acceptors (Lipinski definition) is 4. The van der Waals surface area contributed by atoms with Gasteiger partial charge in [0.25, 0.3) is 0 Å². The molecule has 14 heavy (non-hydrogen) atoms. The summed E-state index contributed by atoms with van der Waals surface area (Å²) in [7, 11) is 1.75. The van der Waals surface area contributed by atoms with Crippen LogP contribution < -0.4 is 5.73 Å². The molecule has 0 aliphatic rings. The van der Waals surface area contributed by atoms with Crippen molar-refractivity contribution in [2.75, 3.05) is 5.73 Å². The molecule has 0 fully saturated rings. The van der Waals surface area contributed by atoms with Gasteiger partial charge in [-0.3, -0.25) is 14.6 Å². The summed E-state index contributed by atoms with van der Waals surface area (Å²) in [5, 5.41) is 10.1. The first kappa shape index (κ1) is 8.49. The summed E-state index contributed by atoms with van der Waals surface area (Å²) in [6.07, 6.45) is 4.54. The standard InChI is InChI=1S/C8H9N5O/c1-13-4-5(2-11-13)7(14)6-3-10-12-8(6)9/h2-4H,1H3,(H3,9,10,12). The van der Waals surface area contributed by atoms with Crippen LogP contribution in [0.4, 0.5) is 5.82 Å². The predicted molar refractivity (Wildman–Crippen MR) is 49.6 cm³/mol. The lowest BCUT2D eigenvalue weighted by Gasteiger charge is -1.93. The molecule has 2 aromatic rings. The summed E-state index contributed by atoms with van der Waals surface area (Å²) in [5.41, 5.74) is 6.39. The van der Waals surface area contributed by atoms with Crippen LogP contribution in [0.5, 0.6) is 0 Å². The normalized spacial score (nSPS) is 10.4. The Morgan fingerprint density at radius 3 is 2.86 bits per heavy atom. The third kappa shape index (κ3) is 1.26. The molecule has 0 atom stereocenters. The van der Waals surface area contributed by atoms with Gasteiger partial charge in [-0.05, 0) is 0 Å². The number of nitrogens with two attached hydrogens (primary N) is 1. The van der Waals surface area contributed by atoms with Crippen molar-refractivity contribution in [3.05, 3.63) is 29.7 Å². The lowest BCUT2D eigenvalue weighted by atomic mass is 10.1. The summed E-state index contributed by atoms with van der Waals surface area (Å²) in [6, 6.07) is 0. The molecule has 0 bridgehead atoms. The second kappa shape index (κ2) is 2.99. The van der Waals surface area contributed by atoms with Crippen molar-refractivity contribution in [3.8, 4) is 0 Å². The maximum atomic E-state index is 11.7. The summed E-state index contributed by atoms with van der Waals surface area (Å²) < 4.78 is 1.56. The van der Waals surface area contributed by atoms with Gasteiger partial charge in [0.15, 0.2) is 0 Å². The first-order valence-corrected chi connectivity index (χ1v) is 4.00. The monoisotopic (exact) mass is 191 g/mol. The minimum atomic E-state index is -0.177. The number of aromatic nitrogens is 4. The highest BCUT2D eigenvalue weighted by Gasteiger charge is 2.15. The number of nitrogens with one attached hydrogen (secondary N) is 1. The summed E-state index contributed by atoms with van der Waals surface area (Å²) in [4.78, 5) is 11.7. The van der Waals surface area contributed by atoms with Gasteiger partial charge >= 0.3 is 0 Å². The van der Waals surface area contributed by atoms with Crippen molar-refractivity contribution < 1.29 is 4.79 Å². The van der Waals surface area contributed by atoms with E-state index in [0.717, 1.165) is 0 Å². The molecule has 0 unspecified atom stereocenters. The van der Waals surface area contributed by atoms with Crippen LogP contribution in [0.3, 0.4) is 0 Å². The molecule has 0 aromatic carbocycles. The number of aryl methyl sites for hydroxylation is 1. The molecule has 0 radical (unpaired) electrons. The average Bonchev–Trinajstić information content (AvgIpc) is 2.73. The molecule has 6 heteroatoms. The Balaban J connectivity index is 2.38. The van der Waals surface area contributed by atoms with E-state index >= 15 is 0 Å². The molecular formula is C8H9N5O. The average molecular weight is 191 g/mol. The van der Waals surface area contributed by atoms with E-state index in [-0.39, 0.29) is 11.6 Å². The van der Waals surface area contributed by atoms with Crippen LogP contribution in [0.2, 0.25) is 0 Å². The Hall–Kier alpha value is -2.11. The largest absolute Gasteiger partial charge is 0.383 e. The zero-order valence-electron chi connectivity index (χ0n) is 7.56. The number of anilines is 1. The van der Waals surface area contributed by atoms with Crippen molar-refractivity contribution in [2.24, 2.45) is 7.05 Å². The zero-order chi connectivity index (χ0) is 10.1. The topological polar surface area (TPSA) is 89.6 Å². The van der Waals surface area contributed by atoms with E-state index in [2.05, 4.69) is 15.3 Å². The van der Waals surface area contributed by atoms with E-state index in [1.807, 2.05) is 0 Å². The Kier molecular flexibility index (Phi) is 1.81. The molecule has 3 N–H and O–H groups in total. The minimum absolute atomic E-state index is 0.177. The molecular weight excluding hydrogens is 182 g/mol. The second-order valence-corrected chi connectivity index (χ2v) is 2.93. The van der Waals surface area contributed by atoms with Gasteiger partial charge in [-0.15, -0.1) is 0 Å². The van der Waals surface area contributed by atoms with Gasteiger partial charge in [-0.25, -0.2) is 0 Å². The van der Waals surface area contributed by atoms with Gasteiger partial charge in [0.1, 0.15) is 5.82 Å². The predicted octanol–water partition coefficient (Wildman–Crippen LogP) is -0.0436. The third-order valence-electron chi connectivity index (χ3n) is 1.88. The number of ketones is 1. The van der Waals surface area contributed by atoms with Gasteiger partial charge in [0, 0.05) is 13.2 Å². The Morgan fingerprint density at radius 2 is 2.36 bits per heavy atom. The Bertz CT molecular complexity index is 470. The molecule has 0 amide bonds. The van der Waals surface area contributed by atoms with Gasteiger partial charge in [-0.2, -0.15) is 10.2 Å². The van der Waals surface area contributed by atoms with Crippen LogP contribution in [0, 0.1) is 0 Å². The zero-order valence-corrected chi connectivity index (χ0v) is 7.56. The van der Waals surface area contributed by atoms with Gasteiger partial charge in [0.2, 0.25) is 5.78 Å². The third-order valence-corrected chi connectivity index (χ3v) is 1.88. The molecule has 2 heterocycles. The highest BCUT2D eigenvalue weighted by Crippen LogP contribution is 2.12. The lowest BCUT2D eigenvalue weighted by molar-refractivity contribution is 0.103. The molecule has 0 aliphatic carbocycles. The highest BCUT2D eigenvalue weighted by atomic mass is 16.1. The first-order valence-electron chi connectivity index (χ1n) is 4.00. The fourth-order valence-electron chi connectivity index (χ4n) is 1.17. The number of hydrogen-bond donors (Lipinski definition) is 2. The maximum absolute atomic E-state index is 11.7. The van der Waals surface area contributed by atoms with E-state index in [4.69, 9.17) is 5.73 Å². The fraction of sp³-hybridized carbons (Fsp3) is 0.125. The number of H-pyrrole nitrogens is 1. The fourth-order valence-corrected chi connectivity index (χ4v) is 1.17. The van der Waals surface area contributed by atoms with Crippen LogP contribution in [0.1, 0.15) is 15.9 Å². The highest BCUT2D eigenvalue weighted by molar-refractivity contribution is 6.11. The van der Waals surface area contributed by atoms with Crippen LogP contribution in [-0.2, 0) is 7.05 Å². The molecule has 72 valence electrons. The maximum Gasteiger partial charge on any atom is 0.201 e. The van der Waals surface area contributed by atoms with Crippen molar-refractivity contribution in [1.29, 1.82) is 0 Å². The molecule has 0 saturated heterocycles. The van der Waals surface area contributed by atoms with E-state index in [1.165, 1.54) is 12.4 Å². The SMILES string of the molecule is Cn1cc(C(=O)c2cn[nH]c2N)cn1. The Morgan fingerprint density at radius 1 is 1.57 bits per heavy atom. The van der Waals surface area contributed by atoms with Gasteiger partial charge in [-0.1, -0.05) is 0 Å². The quantitative estimate of drug-likeness (QED) is 0.651. The number of nitrogen functional groups attached to an aromatic ring is 1. The van der Waals surface area contributed by atoms with Crippen molar-refractivity contribution in [2.45, 2.75) is 0 Å². The number of rotatable bonds is 2. The second-order valence-electron chi connectivity index (χ2n) is 2.93. The molecule has 2 rings (SSSR count). The number of carbonyl (C=O) groups excluding carboxylic acids is 1. The molecule has 0 spiro atoms. The van der Waals surface area contributed by atoms with E-state index in [0.29, 0.717) is 11.1 Å². The number of carbonyl (C=O) groups is 1. The van der Waals surface area contributed by atoms with Crippen molar-refractivity contribution in [3.63, 3.8) is 0 Å². The van der Waals surface area contributed by atoms with E-state index in [9.17, 15) is 4.79 Å². The summed E-state index contributed by atoms with van der Waals surface area (Å²) >= 11 is 0. The van der Waals surface area contributed by atoms with Crippen LogP contribution in [0.25, 0.3) is 0 Å². The summed E-state index contributed by atoms with van der Waals surface area (Å²) in [6.45, 7) is 0. The summed E-state index contributed by atoms with van der Waals surface area (Å²) in [5.74, 6) is 0.100. The van der Waals surface area contributed by atoms with Gasteiger partial charge < -0.3 is 5.73 Å². The van der Waals surface area contributed by atoms with E-state index < -0.39 is 0 Å². The van der Waals surface area contributed by atoms with E-state index in [1.54, 1.807) is 17.9 Å². The first-order chi connectivity index (χ1) is 6.68.